The molecule has 0 aliphatic carbocycles. The molecule has 1 fully saturated rings. The van der Waals surface area contributed by atoms with E-state index in [2.05, 4.69) is 38.8 Å². The van der Waals surface area contributed by atoms with Crippen LogP contribution in [0, 0.1) is 6.92 Å². The Morgan fingerprint density at radius 1 is 1.08 bits per heavy atom. The molecule has 6 heteroatoms. The Morgan fingerprint density at radius 3 is 2.54 bits per heavy atom. The van der Waals surface area contributed by atoms with Crippen LogP contribution in [0.3, 0.4) is 0 Å². The van der Waals surface area contributed by atoms with Crippen molar-refractivity contribution in [2.45, 2.75) is 72.3 Å². The van der Waals surface area contributed by atoms with E-state index in [-0.39, 0.29) is 18.3 Å². The maximum Gasteiger partial charge on any atom is 0.339 e. The molecule has 1 aliphatic heterocycles. The first kappa shape index (κ1) is 28.6. The molecule has 0 spiro atoms. The number of piperidine rings is 1. The number of benzene rings is 2. The van der Waals surface area contributed by atoms with Crippen molar-refractivity contribution in [2.75, 3.05) is 26.7 Å². The number of hydrogen-bond donors (Lipinski definition) is 0. The van der Waals surface area contributed by atoms with Crippen LogP contribution in [0.5, 0.6) is 11.5 Å². The summed E-state index contributed by atoms with van der Waals surface area (Å²) in [7, 11) is 2.12. The van der Waals surface area contributed by atoms with Crippen LogP contribution >= 0.6 is 0 Å². The van der Waals surface area contributed by atoms with Gasteiger partial charge in [-0.15, -0.1) is 0 Å². The summed E-state index contributed by atoms with van der Waals surface area (Å²) in [6.45, 7) is 10.8. The zero-order valence-electron chi connectivity index (χ0n) is 24.0. The van der Waals surface area contributed by atoms with Gasteiger partial charge in [0, 0.05) is 41.6 Å². The van der Waals surface area contributed by atoms with Crippen molar-refractivity contribution in [3.63, 3.8) is 0 Å². The molecule has 39 heavy (non-hydrogen) atoms. The lowest BCUT2D eigenvalue weighted by molar-refractivity contribution is 0.0991. The summed E-state index contributed by atoms with van der Waals surface area (Å²) in [6.07, 6.45) is 6.92. The molecule has 0 saturated carbocycles. The highest BCUT2D eigenvalue weighted by Crippen LogP contribution is 2.30. The van der Waals surface area contributed by atoms with Crippen LogP contribution in [0.1, 0.15) is 73.5 Å². The van der Waals surface area contributed by atoms with E-state index >= 15 is 0 Å². The van der Waals surface area contributed by atoms with E-state index in [0.29, 0.717) is 29.7 Å². The minimum Gasteiger partial charge on any atom is -0.493 e. The molecule has 2 heterocycles. The van der Waals surface area contributed by atoms with Crippen LogP contribution in [0.25, 0.3) is 11.0 Å². The molecule has 208 valence electrons. The number of nitrogens with zero attached hydrogens (tertiary/aromatic N) is 1. The molecule has 1 aromatic heterocycles. The number of rotatable bonds is 11. The normalized spacial score (nSPS) is 14.4. The average Bonchev–Trinajstić information content (AvgIpc) is 2.91. The number of aryl methyl sites for hydroxylation is 1. The number of fused-ring (bicyclic) bond motifs is 1. The summed E-state index contributed by atoms with van der Waals surface area (Å²) in [4.78, 5) is 28.5. The van der Waals surface area contributed by atoms with Crippen LogP contribution in [0.2, 0.25) is 0 Å². The number of unbranched alkanes of at least 4 members (excludes halogenated alkanes) is 1. The molecule has 0 amide bonds. The van der Waals surface area contributed by atoms with Crippen molar-refractivity contribution in [3.05, 3.63) is 80.7 Å². The lowest BCUT2D eigenvalue weighted by Gasteiger charge is -2.29. The summed E-state index contributed by atoms with van der Waals surface area (Å²) in [5, 5.41) is 0.787. The predicted octanol–water partition coefficient (Wildman–Crippen LogP) is 6.69. The number of likely N-dealkylation sites (tertiary alicyclic amines) is 1. The second-order valence-electron chi connectivity index (χ2n) is 10.9. The molecule has 4 rings (SSSR count). The van der Waals surface area contributed by atoms with Gasteiger partial charge in [-0.3, -0.25) is 4.79 Å². The maximum absolute atomic E-state index is 13.3. The Labute approximate surface area is 231 Å². The fourth-order valence-corrected chi connectivity index (χ4v) is 4.85. The largest absolute Gasteiger partial charge is 0.493 e. The number of allylic oxidation sites excluding steroid dienone is 2. The van der Waals surface area contributed by atoms with E-state index < -0.39 is 5.63 Å². The zero-order chi connectivity index (χ0) is 27.9. The number of carbonyl (C=O) groups excluding carboxylic acids is 1. The molecule has 0 N–H and O–H groups in total. The molecule has 0 bridgehead atoms. The molecule has 0 radical (unpaired) electrons. The van der Waals surface area contributed by atoms with Gasteiger partial charge in [-0.2, -0.15) is 0 Å². The minimum absolute atomic E-state index is 0.0245. The van der Waals surface area contributed by atoms with Gasteiger partial charge in [0.1, 0.15) is 23.2 Å². The monoisotopic (exact) mass is 531 g/mol. The summed E-state index contributed by atoms with van der Waals surface area (Å²) < 4.78 is 18.0. The highest BCUT2D eigenvalue weighted by atomic mass is 16.5. The van der Waals surface area contributed by atoms with Gasteiger partial charge in [-0.05, 0) is 95.5 Å². The molecular formula is C33H41NO5. The summed E-state index contributed by atoms with van der Waals surface area (Å²) in [6, 6.07) is 11.2. The van der Waals surface area contributed by atoms with Crippen LogP contribution in [0.15, 0.2) is 57.3 Å². The summed E-state index contributed by atoms with van der Waals surface area (Å²) in [5.74, 6) is 1.42. The van der Waals surface area contributed by atoms with E-state index in [1.54, 1.807) is 12.1 Å². The van der Waals surface area contributed by atoms with E-state index in [1.807, 2.05) is 31.2 Å². The number of ether oxygens (including phenoxy) is 2. The first-order chi connectivity index (χ1) is 18.7. The van der Waals surface area contributed by atoms with E-state index in [4.69, 9.17) is 13.9 Å². The Kier molecular flexibility index (Phi) is 9.63. The van der Waals surface area contributed by atoms with Gasteiger partial charge < -0.3 is 18.8 Å². The molecule has 6 nitrogen and oxygen atoms in total. The van der Waals surface area contributed by atoms with E-state index in [0.717, 1.165) is 66.8 Å². The Bertz CT molecular complexity index is 1390. The van der Waals surface area contributed by atoms with Crippen LogP contribution in [0.4, 0.5) is 0 Å². The van der Waals surface area contributed by atoms with Crippen molar-refractivity contribution in [3.8, 4) is 11.5 Å². The Morgan fingerprint density at radius 2 is 1.82 bits per heavy atom. The first-order valence-corrected chi connectivity index (χ1v) is 14.1. The number of ketones is 1. The molecule has 3 aromatic rings. The molecule has 0 atom stereocenters. The number of Topliss-reactive ketones (excluding diaryl/α,β-unsaturated/α-hetero) is 1. The van der Waals surface area contributed by atoms with Gasteiger partial charge in [-0.1, -0.05) is 25.0 Å². The van der Waals surface area contributed by atoms with Crippen LogP contribution in [-0.2, 0) is 12.8 Å². The second kappa shape index (κ2) is 13.1. The Balaban J connectivity index is 1.54. The quantitative estimate of drug-likeness (QED) is 0.119. The van der Waals surface area contributed by atoms with Crippen molar-refractivity contribution >= 4 is 16.8 Å². The van der Waals surface area contributed by atoms with E-state index in [9.17, 15) is 9.59 Å². The van der Waals surface area contributed by atoms with E-state index in [1.165, 1.54) is 5.57 Å². The number of carbonyl (C=O) groups is 1. The fraction of sp³-hybridized carbons (Fsp3) is 0.455. The van der Waals surface area contributed by atoms with Gasteiger partial charge in [0.05, 0.1) is 6.61 Å². The van der Waals surface area contributed by atoms with Crippen molar-refractivity contribution in [1.29, 1.82) is 0 Å². The zero-order valence-corrected chi connectivity index (χ0v) is 24.0. The number of hydrogen-bond acceptors (Lipinski definition) is 6. The van der Waals surface area contributed by atoms with Crippen LogP contribution < -0.4 is 15.1 Å². The predicted molar refractivity (Wildman–Crippen MR) is 156 cm³/mol. The molecule has 1 saturated heterocycles. The Hall–Kier alpha value is -3.38. The standard InChI is InChI=1S/C33H41NO5/c1-6-7-18-37-31-13-10-24(19-25(31)9-8-22(2)3)29(35)21-27-20-26-11-12-30(23(4)32(26)39-33(27)36)38-28-14-16-34(5)17-15-28/h8,10-13,19-20,28H,6-7,9,14-18,21H2,1-5H3. The molecule has 1 aliphatic rings. The van der Waals surface area contributed by atoms with Gasteiger partial charge in [0.15, 0.2) is 5.78 Å². The minimum atomic E-state index is -0.486. The van der Waals surface area contributed by atoms with Crippen molar-refractivity contribution < 1.29 is 18.7 Å². The second-order valence-corrected chi connectivity index (χ2v) is 10.9. The third-order valence-corrected chi connectivity index (χ3v) is 7.35. The topological polar surface area (TPSA) is 69.0 Å². The summed E-state index contributed by atoms with van der Waals surface area (Å²) >= 11 is 0. The van der Waals surface area contributed by atoms with Crippen molar-refractivity contribution in [2.24, 2.45) is 0 Å². The third kappa shape index (κ3) is 7.39. The fourth-order valence-electron chi connectivity index (χ4n) is 4.85. The molecular weight excluding hydrogens is 490 g/mol. The summed E-state index contributed by atoms with van der Waals surface area (Å²) in [5.41, 5.74) is 3.92. The average molecular weight is 532 g/mol. The smallest absolute Gasteiger partial charge is 0.339 e. The lowest BCUT2D eigenvalue weighted by atomic mass is 9.99. The highest BCUT2D eigenvalue weighted by Gasteiger charge is 2.20. The first-order valence-electron chi connectivity index (χ1n) is 14.1. The molecule has 0 unspecified atom stereocenters. The maximum atomic E-state index is 13.3. The van der Waals surface area contributed by atoms with Crippen LogP contribution in [-0.4, -0.2) is 43.5 Å². The van der Waals surface area contributed by atoms with Gasteiger partial charge in [-0.25, -0.2) is 4.79 Å². The van der Waals surface area contributed by atoms with Gasteiger partial charge >= 0.3 is 5.63 Å². The van der Waals surface area contributed by atoms with Gasteiger partial charge in [0.2, 0.25) is 0 Å². The third-order valence-electron chi connectivity index (χ3n) is 7.35. The highest BCUT2D eigenvalue weighted by molar-refractivity contribution is 5.98. The molecule has 2 aromatic carbocycles. The lowest BCUT2D eigenvalue weighted by Crippen LogP contribution is -2.35. The SMILES string of the molecule is CCCCOc1ccc(C(=O)Cc2cc3ccc(OC4CCN(C)CC4)c(C)c3oc2=O)cc1CC=C(C)C. The van der Waals surface area contributed by atoms with Gasteiger partial charge in [0.25, 0.3) is 0 Å². The van der Waals surface area contributed by atoms with Crippen molar-refractivity contribution in [1.82, 2.24) is 4.90 Å².